The van der Waals surface area contributed by atoms with E-state index in [9.17, 15) is 4.79 Å². The molecule has 0 bridgehead atoms. The van der Waals surface area contributed by atoms with E-state index >= 15 is 0 Å². The van der Waals surface area contributed by atoms with Gasteiger partial charge in [0.25, 0.3) is 5.91 Å². The third-order valence-electron chi connectivity index (χ3n) is 2.80. The lowest BCUT2D eigenvalue weighted by Gasteiger charge is -1.99. The van der Waals surface area contributed by atoms with Crippen LogP contribution in [0, 0.1) is 0 Å². The fraction of sp³-hybridized carbons (Fsp3) is 0.294. The van der Waals surface area contributed by atoms with E-state index < -0.39 is 0 Å². The van der Waals surface area contributed by atoms with E-state index in [1.54, 1.807) is 18.3 Å². The second-order valence-electron chi connectivity index (χ2n) is 5.06. The van der Waals surface area contributed by atoms with Crippen molar-refractivity contribution in [2.24, 2.45) is 5.10 Å². The Bertz CT molecular complexity index is 553. The molecule has 0 unspecified atom stereocenters. The molecule has 0 saturated heterocycles. The summed E-state index contributed by atoms with van der Waals surface area (Å²) in [4.78, 5) is 11.8. The van der Waals surface area contributed by atoms with Gasteiger partial charge in [-0.1, -0.05) is 33.2 Å². The van der Waals surface area contributed by atoms with Crippen LogP contribution in [0.1, 0.15) is 44.0 Å². The topological polar surface area (TPSA) is 41.5 Å². The van der Waals surface area contributed by atoms with Crippen molar-refractivity contribution in [1.29, 1.82) is 0 Å². The molecule has 0 heterocycles. The van der Waals surface area contributed by atoms with Gasteiger partial charge in [-0.05, 0) is 64.0 Å². The third-order valence-corrected chi connectivity index (χ3v) is 3.33. The Morgan fingerprint density at radius 2 is 1.90 bits per heavy atom. The van der Waals surface area contributed by atoms with Gasteiger partial charge in [0.2, 0.25) is 0 Å². The molecule has 0 fully saturated rings. The van der Waals surface area contributed by atoms with Crippen LogP contribution in [0.2, 0.25) is 0 Å². The summed E-state index contributed by atoms with van der Waals surface area (Å²) in [6.07, 6.45) is 7.78. The second kappa shape index (κ2) is 9.29. The van der Waals surface area contributed by atoms with E-state index in [0.717, 1.165) is 17.3 Å². The van der Waals surface area contributed by atoms with Gasteiger partial charge >= 0.3 is 0 Å². The maximum absolute atomic E-state index is 11.8. The number of halogens is 1. The summed E-state index contributed by atoms with van der Waals surface area (Å²) in [5, 5.41) is 3.93. The number of carbonyl (C=O) groups excluding carboxylic acids is 1. The van der Waals surface area contributed by atoms with Gasteiger partial charge in [0.15, 0.2) is 0 Å². The molecule has 0 radical (unpaired) electrons. The largest absolute Gasteiger partial charge is 0.271 e. The van der Waals surface area contributed by atoms with Crippen molar-refractivity contribution in [1.82, 2.24) is 5.43 Å². The standard InChI is InChI=1S/C17H21BrN2O/c1-13(2)5-4-6-14(3)11-12-19-20-17(21)15-7-9-16(18)10-8-15/h5,7-12H,4,6H2,1-3H3,(H,20,21)/b14-11+,19-12+. The second-order valence-corrected chi connectivity index (χ2v) is 5.97. The van der Waals surface area contributed by atoms with Gasteiger partial charge in [0, 0.05) is 16.3 Å². The molecule has 0 aliphatic heterocycles. The Kier molecular flexibility index (Phi) is 7.69. The van der Waals surface area contributed by atoms with Crippen LogP contribution in [-0.4, -0.2) is 12.1 Å². The zero-order valence-electron chi connectivity index (χ0n) is 12.7. The molecule has 0 aliphatic carbocycles. The van der Waals surface area contributed by atoms with E-state index in [2.05, 4.69) is 53.3 Å². The summed E-state index contributed by atoms with van der Waals surface area (Å²) in [6.45, 7) is 6.25. The van der Waals surface area contributed by atoms with Gasteiger partial charge in [-0.2, -0.15) is 5.10 Å². The molecule has 1 amide bonds. The number of nitrogens with zero attached hydrogens (tertiary/aromatic N) is 1. The highest BCUT2D eigenvalue weighted by Gasteiger charge is 2.02. The van der Waals surface area contributed by atoms with Gasteiger partial charge in [-0.15, -0.1) is 0 Å². The minimum absolute atomic E-state index is 0.214. The van der Waals surface area contributed by atoms with Crippen molar-refractivity contribution in [3.05, 3.63) is 57.6 Å². The van der Waals surface area contributed by atoms with Gasteiger partial charge in [-0.25, -0.2) is 5.43 Å². The fourth-order valence-corrected chi connectivity index (χ4v) is 1.86. The summed E-state index contributed by atoms with van der Waals surface area (Å²) < 4.78 is 0.942. The van der Waals surface area contributed by atoms with Gasteiger partial charge in [0.1, 0.15) is 0 Å². The van der Waals surface area contributed by atoms with Crippen LogP contribution < -0.4 is 5.43 Å². The first-order valence-electron chi connectivity index (χ1n) is 6.87. The fourth-order valence-electron chi connectivity index (χ4n) is 1.60. The van der Waals surface area contributed by atoms with Crippen LogP contribution in [0.3, 0.4) is 0 Å². The molecule has 21 heavy (non-hydrogen) atoms. The molecule has 3 nitrogen and oxygen atoms in total. The minimum Gasteiger partial charge on any atom is -0.267 e. The quantitative estimate of drug-likeness (QED) is 0.445. The average molecular weight is 349 g/mol. The monoisotopic (exact) mass is 348 g/mol. The highest BCUT2D eigenvalue weighted by molar-refractivity contribution is 9.10. The van der Waals surface area contributed by atoms with Crippen LogP contribution >= 0.6 is 15.9 Å². The van der Waals surface area contributed by atoms with E-state index in [-0.39, 0.29) is 5.91 Å². The third kappa shape index (κ3) is 7.61. The number of amides is 1. The van der Waals surface area contributed by atoms with E-state index in [1.165, 1.54) is 11.1 Å². The van der Waals surface area contributed by atoms with Crippen LogP contribution in [0.5, 0.6) is 0 Å². The predicted octanol–water partition coefficient (Wildman–Crippen LogP) is 4.86. The normalized spacial score (nSPS) is 11.5. The van der Waals surface area contributed by atoms with Crippen molar-refractivity contribution in [2.75, 3.05) is 0 Å². The smallest absolute Gasteiger partial charge is 0.267 e. The molecule has 112 valence electrons. The number of hydrogen-bond donors (Lipinski definition) is 1. The molecule has 0 atom stereocenters. The Hall–Kier alpha value is -1.68. The lowest BCUT2D eigenvalue weighted by molar-refractivity contribution is 0.0955. The Balaban J connectivity index is 2.41. The number of benzene rings is 1. The maximum Gasteiger partial charge on any atom is 0.271 e. The molecule has 0 aromatic heterocycles. The Morgan fingerprint density at radius 1 is 1.24 bits per heavy atom. The number of nitrogens with one attached hydrogen (secondary N) is 1. The molecular formula is C17H21BrN2O. The van der Waals surface area contributed by atoms with Crippen molar-refractivity contribution in [3.8, 4) is 0 Å². The number of rotatable bonds is 6. The van der Waals surface area contributed by atoms with Crippen LogP contribution in [0.25, 0.3) is 0 Å². The Morgan fingerprint density at radius 3 is 2.52 bits per heavy atom. The Labute approximate surface area is 135 Å². The van der Waals surface area contributed by atoms with Gasteiger partial charge in [0.05, 0.1) is 0 Å². The number of carbonyl (C=O) groups is 1. The summed E-state index contributed by atoms with van der Waals surface area (Å²) in [5.74, 6) is -0.214. The summed E-state index contributed by atoms with van der Waals surface area (Å²) >= 11 is 3.33. The van der Waals surface area contributed by atoms with E-state index in [1.807, 2.05) is 18.2 Å². The first-order valence-corrected chi connectivity index (χ1v) is 7.66. The van der Waals surface area contributed by atoms with E-state index in [0.29, 0.717) is 5.56 Å². The molecule has 1 rings (SSSR count). The highest BCUT2D eigenvalue weighted by Crippen LogP contribution is 2.10. The van der Waals surface area contributed by atoms with Crippen molar-refractivity contribution >= 4 is 28.1 Å². The minimum atomic E-state index is -0.214. The zero-order chi connectivity index (χ0) is 15.7. The average Bonchev–Trinajstić information content (AvgIpc) is 2.43. The van der Waals surface area contributed by atoms with Crippen molar-refractivity contribution in [3.63, 3.8) is 0 Å². The maximum atomic E-state index is 11.8. The van der Waals surface area contributed by atoms with Crippen LogP contribution in [0.15, 0.2) is 57.1 Å². The summed E-state index contributed by atoms with van der Waals surface area (Å²) in [5.41, 5.74) is 5.65. The SMILES string of the molecule is CC(C)=CCC/C(C)=C/C=N/NC(=O)c1ccc(Br)cc1. The predicted molar refractivity (Wildman–Crippen MR) is 92.5 cm³/mol. The molecule has 0 spiro atoms. The van der Waals surface area contributed by atoms with Crippen LogP contribution in [-0.2, 0) is 0 Å². The van der Waals surface area contributed by atoms with Gasteiger partial charge in [-0.3, -0.25) is 4.79 Å². The number of hydrogen-bond acceptors (Lipinski definition) is 2. The molecule has 0 aliphatic rings. The van der Waals surface area contributed by atoms with Gasteiger partial charge < -0.3 is 0 Å². The summed E-state index contributed by atoms with van der Waals surface area (Å²) in [6, 6.07) is 7.14. The first kappa shape index (κ1) is 17.4. The molecule has 4 heteroatoms. The van der Waals surface area contributed by atoms with Crippen molar-refractivity contribution < 1.29 is 4.79 Å². The molecule has 1 N–H and O–H groups in total. The lowest BCUT2D eigenvalue weighted by atomic mass is 10.1. The lowest BCUT2D eigenvalue weighted by Crippen LogP contribution is -2.17. The molecular weight excluding hydrogens is 328 g/mol. The number of hydrazone groups is 1. The summed E-state index contributed by atoms with van der Waals surface area (Å²) in [7, 11) is 0. The van der Waals surface area contributed by atoms with E-state index in [4.69, 9.17) is 0 Å². The number of allylic oxidation sites excluding steroid dienone is 4. The first-order chi connectivity index (χ1) is 9.99. The zero-order valence-corrected chi connectivity index (χ0v) is 14.3. The molecule has 1 aromatic carbocycles. The highest BCUT2D eigenvalue weighted by atomic mass is 79.9. The van der Waals surface area contributed by atoms with Crippen LogP contribution in [0.4, 0.5) is 0 Å². The molecule has 1 aromatic rings. The van der Waals surface area contributed by atoms with Crippen molar-refractivity contribution in [2.45, 2.75) is 33.6 Å². The molecule has 0 saturated carbocycles.